The first-order chi connectivity index (χ1) is 9.21. The molecule has 0 aliphatic rings. The highest BCUT2D eigenvalue weighted by Gasteiger charge is 2.34. The molecule has 20 heavy (non-hydrogen) atoms. The third kappa shape index (κ3) is 3.51. The minimum absolute atomic E-state index is 0.226. The Balaban J connectivity index is 2.94. The van der Waals surface area contributed by atoms with Gasteiger partial charge in [0.05, 0.1) is 12.3 Å². The second kappa shape index (κ2) is 6.57. The summed E-state index contributed by atoms with van der Waals surface area (Å²) < 4.78 is 5.13. The molecule has 0 spiro atoms. The lowest BCUT2D eigenvalue weighted by Crippen LogP contribution is -2.34. The van der Waals surface area contributed by atoms with Crippen LogP contribution in [0.1, 0.15) is 47.2 Å². The molecule has 0 fully saturated rings. The monoisotopic (exact) mass is 298 g/mol. The van der Waals surface area contributed by atoms with E-state index in [2.05, 4.69) is 30.7 Å². The van der Waals surface area contributed by atoms with Gasteiger partial charge in [-0.2, -0.15) is 0 Å². The lowest BCUT2D eigenvalue weighted by atomic mass is 9.90. The first-order valence-corrected chi connectivity index (χ1v) is 7.95. The van der Waals surface area contributed by atoms with Gasteiger partial charge in [0.25, 0.3) is 0 Å². The number of aromatic nitrogens is 1. The van der Waals surface area contributed by atoms with Gasteiger partial charge in [-0.25, -0.2) is 4.98 Å². The molecular weight excluding hydrogens is 272 g/mol. The summed E-state index contributed by atoms with van der Waals surface area (Å²) in [5, 5.41) is 2.90. The third-order valence-electron chi connectivity index (χ3n) is 3.80. The van der Waals surface area contributed by atoms with Crippen LogP contribution in [0.5, 0.6) is 0 Å². The van der Waals surface area contributed by atoms with Crippen LogP contribution in [0.15, 0.2) is 5.38 Å². The molecule has 0 bridgehead atoms. The van der Waals surface area contributed by atoms with Crippen molar-refractivity contribution in [3.8, 4) is 0 Å². The largest absolute Gasteiger partial charge is 0.465 e. The average molecular weight is 298 g/mol. The van der Waals surface area contributed by atoms with E-state index in [9.17, 15) is 4.79 Å². The van der Waals surface area contributed by atoms with Crippen LogP contribution in [0.4, 0.5) is 5.13 Å². The average Bonchev–Trinajstić information content (AvgIpc) is 2.87. The van der Waals surface area contributed by atoms with Crippen LogP contribution in [0.2, 0.25) is 0 Å². The van der Waals surface area contributed by atoms with Gasteiger partial charge in [0.15, 0.2) is 5.13 Å². The van der Waals surface area contributed by atoms with Gasteiger partial charge < -0.3 is 9.64 Å². The number of carbonyl (C=O) groups is 1. The highest BCUT2D eigenvalue weighted by Crippen LogP contribution is 2.31. The Hall–Kier alpha value is -1.10. The molecule has 0 amide bonds. The van der Waals surface area contributed by atoms with E-state index in [1.165, 1.54) is 0 Å². The first kappa shape index (κ1) is 17.0. The van der Waals surface area contributed by atoms with Crippen molar-refractivity contribution >= 4 is 22.4 Å². The molecule has 0 aliphatic carbocycles. The van der Waals surface area contributed by atoms with Crippen LogP contribution in [-0.4, -0.2) is 30.6 Å². The molecule has 5 heteroatoms. The van der Waals surface area contributed by atoms with Gasteiger partial charge in [-0.05, 0) is 33.6 Å². The zero-order valence-electron chi connectivity index (χ0n) is 13.6. The van der Waals surface area contributed by atoms with Crippen LogP contribution in [0, 0.1) is 5.92 Å². The fraction of sp³-hybridized carbons (Fsp3) is 0.733. The lowest BCUT2D eigenvalue weighted by molar-refractivity contribution is -0.148. The van der Waals surface area contributed by atoms with E-state index in [4.69, 9.17) is 4.74 Å². The molecule has 0 aromatic carbocycles. The van der Waals surface area contributed by atoms with Crippen LogP contribution < -0.4 is 4.90 Å². The minimum atomic E-state index is -0.702. The van der Waals surface area contributed by atoms with Crippen molar-refractivity contribution in [2.75, 3.05) is 18.6 Å². The fourth-order valence-electron chi connectivity index (χ4n) is 1.75. The van der Waals surface area contributed by atoms with E-state index >= 15 is 0 Å². The number of nitrogens with zero attached hydrogens (tertiary/aromatic N) is 2. The summed E-state index contributed by atoms with van der Waals surface area (Å²) in [6.45, 7) is 12.5. The number of hydrogen-bond acceptors (Lipinski definition) is 5. The molecule has 0 saturated heterocycles. The molecule has 4 nitrogen and oxygen atoms in total. The van der Waals surface area contributed by atoms with Crippen molar-refractivity contribution in [3.05, 3.63) is 11.1 Å². The highest BCUT2D eigenvalue weighted by molar-refractivity contribution is 7.13. The number of anilines is 1. The predicted molar refractivity (Wildman–Crippen MR) is 84.5 cm³/mol. The van der Waals surface area contributed by atoms with E-state index in [1.54, 1.807) is 11.3 Å². The molecule has 0 aliphatic heterocycles. The fourth-order valence-corrected chi connectivity index (χ4v) is 2.80. The molecule has 1 unspecified atom stereocenters. The Bertz CT molecular complexity index is 454. The van der Waals surface area contributed by atoms with Gasteiger partial charge in [0.1, 0.15) is 5.41 Å². The maximum absolute atomic E-state index is 12.0. The molecule has 0 N–H and O–H groups in total. The molecular formula is C15H26N2O2S. The Morgan fingerprint density at radius 2 is 2.05 bits per heavy atom. The van der Waals surface area contributed by atoms with Gasteiger partial charge in [-0.3, -0.25) is 4.79 Å². The number of ether oxygens (including phenoxy) is 1. The summed E-state index contributed by atoms with van der Waals surface area (Å²) in [6.07, 6.45) is 0. The van der Waals surface area contributed by atoms with Crippen molar-refractivity contribution < 1.29 is 9.53 Å². The predicted octanol–water partition coefficient (Wildman–Crippen LogP) is 3.46. The summed E-state index contributed by atoms with van der Waals surface area (Å²) in [5.41, 5.74) is 0.0749. The smallest absolute Gasteiger partial charge is 0.317 e. The van der Waals surface area contributed by atoms with E-state index in [0.29, 0.717) is 18.6 Å². The SMILES string of the molecule is CCOC(=O)C(C)(C)c1csc(N(C)C(C)C(C)C)n1. The van der Waals surface area contributed by atoms with Gasteiger partial charge in [0.2, 0.25) is 0 Å². The van der Waals surface area contributed by atoms with Crippen molar-refractivity contribution in [2.24, 2.45) is 5.92 Å². The molecule has 1 rings (SSSR count). The van der Waals surface area contributed by atoms with Crippen LogP contribution in [-0.2, 0) is 14.9 Å². The summed E-state index contributed by atoms with van der Waals surface area (Å²) in [4.78, 5) is 18.8. The number of esters is 1. The maximum Gasteiger partial charge on any atom is 0.317 e. The standard InChI is InChI=1S/C15H26N2O2S/c1-8-19-13(18)15(5,6)12-9-20-14(16-12)17(7)11(4)10(2)3/h9-11H,8H2,1-7H3. The summed E-state index contributed by atoms with van der Waals surface area (Å²) in [5.74, 6) is 0.321. The normalized spacial score (nSPS) is 13.4. The van der Waals surface area contributed by atoms with Crippen molar-refractivity contribution in [3.63, 3.8) is 0 Å². The Morgan fingerprint density at radius 3 is 2.55 bits per heavy atom. The second-order valence-electron chi connectivity index (χ2n) is 5.96. The third-order valence-corrected chi connectivity index (χ3v) is 4.73. The van der Waals surface area contributed by atoms with Gasteiger partial charge in [-0.1, -0.05) is 13.8 Å². The number of carbonyl (C=O) groups excluding carboxylic acids is 1. The lowest BCUT2D eigenvalue weighted by Gasteiger charge is -2.27. The highest BCUT2D eigenvalue weighted by atomic mass is 32.1. The molecule has 0 radical (unpaired) electrons. The minimum Gasteiger partial charge on any atom is -0.465 e. The van der Waals surface area contributed by atoms with Crippen molar-refractivity contribution in [1.82, 2.24) is 4.98 Å². The van der Waals surface area contributed by atoms with Gasteiger partial charge in [0, 0.05) is 18.5 Å². The maximum atomic E-state index is 12.0. The Kier molecular flexibility index (Phi) is 5.57. The molecule has 1 heterocycles. The van der Waals surface area contributed by atoms with Gasteiger partial charge in [-0.15, -0.1) is 11.3 Å². The number of hydrogen-bond donors (Lipinski definition) is 0. The van der Waals surface area contributed by atoms with Crippen molar-refractivity contribution in [1.29, 1.82) is 0 Å². The van der Waals surface area contributed by atoms with E-state index in [0.717, 1.165) is 10.8 Å². The van der Waals surface area contributed by atoms with Crippen molar-refractivity contribution in [2.45, 2.75) is 53.0 Å². The summed E-state index contributed by atoms with van der Waals surface area (Å²) >= 11 is 1.57. The quantitative estimate of drug-likeness (QED) is 0.754. The topological polar surface area (TPSA) is 42.4 Å². The zero-order valence-corrected chi connectivity index (χ0v) is 14.4. The van der Waals surface area contributed by atoms with Gasteiger partial charge >= 0.3 is 5.97 Å². The zero-order chi connectivity index (χ0) is 15.5. The Labute approximate surface area is 126 Å². The Morgan fingerprint density at radius 1 is 1.45 bits per heavy atom. The van der Waals surface area contributed by atoms with E-state index in [-0.39, 0.29) is 5.97 Å². The second-order valence-corrected chi connectivity index (χ2v) is 6.79. The number of rotatable bonds is 6. The van der Waals surface area contributed by atoms with E-state index in [1.807, 2.05) is 33.2 Å². The van der Waals surface area contributed by atoms with Crippen LogP contribution in [0.3, 0.4) is 0 Å². The molecule has 1 atom stereocenters. The van der Waals surface area contributed by atoms with Crippen LogP contribution in [0.25, 0.3) is 0 Å². The summed E-state index contributed by atoms with van der Waals surface area (Å²) in [7, 11) is 2.05. The molecule has 0 saturated carbocycles. The molecule has 114 valence electrons. The molecule has 1 aromatic heterocycles. The van der Waals surface area contributed by atoms with Crippen LogP contribution >= 0.6 is 11.3 Å². The molecule has 1 aromatic rings. The number of thiazole rings is 1. The summed E-state index contributed by atoms with van der Waals surface area (Å²) in [6, 6.07) is 0.403. The van der Waals surface area contributed by atoms with E-state index < -0.39 is 5.41 Å². The first-order valence-electron chi connectivity index (χ1n) is 7.07.